The van der Waals surface area contributed by atoms with Crippen LogP contribution in [-0.2, 0) is 4.79 Å². The van der Waals surface area contributed by atoms with Crippen LogP contribution in [0.1, 0.15) is 39.5 Å². The Morgan fingerprint density at radius 1 is 1.12 bits per heavy atom. The molecule has 0 aliphatic carbocycles. The number of aryl methyl sites for hydroxylation is 2. The van der Waals surface area contributed by atoms with Gasteiger partial charge in [0.15, 0.2) is 0 Å². The van der Waals surface area contributed by atoms with Crippen LogP contribution in [0.5, 0.6) is 5.75 Å². The summed E-state index contributed by atoms with van der Waals surface area (Å²) >= 11 is 0. The molecule has 1 aliphatic rings. The summed E-state index contributed by atoms with van der Waals surface area (Å²) in [5.74, 6) is 0.350. The maximum atomic E-state index is 12.2. The number of fused-ring (bicyclic) bond motifs is 1. The number of para-hydroxylation sites is 1. The Labute approximate surface area is 147 Å². The van der Waals surface area contributed by atoms with Gasteiger partial charge in [0.25, 0.3) is 5.91 Å². The number of rotatable bonds is 4. The summed E-state index contributed by atoms with van der Waals surface area (Å²) in [6.45, 7) is 4.47. The van der Waals surface area contributed by atoms with Gasteiger partial charge in [-0.3, -0.25) is 9.59 Å². The third-order valence-corrected chi connectivity index (χ3v) is 4.47. The highest BCUT2D eigenvalue weighted by molar-refractivity contribution is 5.96. The lowest BCUT2D eigenvalue weighted by molar-refractivity contribution is -0.121. The Kier molecular flexibility index (Phi) is 5.03. The molecule has 2 aromatic carbocycles. The molecule has 1 aliphatic heterocycles. The van der Waals surface area contributed by atoms with Crippen LogP contribution >= 0.6 is 0 Å². The van der Waals surface area contributed by atoms with Gasteiger partial charge >= 0.3 is 0 Å². The topological polar surface area (TPSA) is 67.4 Å². The minimum atomic E-state index is -0.245. The van der Waals surface area contributed by atoms with Gasteiger partial charge in [-0.1, -0.05) is 24.3 Å². The van der Waals surface area contributed by atoms with Gasteiger partial charge in [-0.25, -0.2) is 0 Å². The molecule has 2 amide bonds. The van der Waals surface area contributed by atoms with Crippen molar-refractivity contribution in [1.29, 1.82) is 0 Å². The number of carbonyl (C=O) groups is 2. The van der Waals surface area contributed by atoms with E-state index in [4.69, 9.17) is 4.74 Å². The van der Waals surface area contributed by atoms with E-state index in [1.165, 1.54) is 0 Å². The first-order chi connectivity index (χ1) is 12.0. The number of amides is 2. The van der Waals surface area contributed by atoms with Crippen LogP contribution in [0.3, 0.4) is 0 Å². The Morgan fingerprint density at radius 2 is 1.92 bits per heavy atom. The van der Waals surface area contributed by atoms with Crippen molar-refractivity contribution < 1.29 is 14.3 Å². The minimum absolute atomic E-state index is 0.0503. The van der Waals surface area contributed by atoms with E-state index < -0.39 is 0 Å². The molecule has 0 radical (unpaired) electrons. The van der Waals surface area contributed by atoms with Crippen molar-refractivity contribution in [3.63, 3.8) is 0 Å². The van der Waals surface area contributed by atoms with Gasteiger partial charge in [0, 0.05) is 17.5 Å². The Hall–Kier alpha value is -2.82. The number of ether oxygens (including phenoxy) is 1. The second-order valence-electron chi connectivity index (χ2n) is 6.28. The van der Waals surface area contributed by atoms with Gasteiger partial charge in [-0.2, -0.15) is 0 Å². The highest BCUT2D eigenvalue weighted by Gasteiger charge is 2.22. The number of benzene rings is 2. The second-order valence-corrected chi connectivity index (χ2v) is 6.28. The molecule has 5 nitrogen and oxygen atoms in total. The number of hydrogen-bond donors (Lipinski definition) is 2. The van der Waals surface area contributed by atoms with Crippen molar-refractivity contribution in [3.8, 4) is 5.75 Å². The molecule has 130 valence electrons. The third-order valence-electron chi connectivity index (χ3n) is 4.47. The molecule has 0 saturated heterocycles. The van der Waals surface area contributed by atoms with Crippen molar-refractivity contribution in [3.05, 3.63) is 64.7 Å². The highest BCUT2D eigenvalue weighted by atomic mass is 16.5. The Morgan fingerprint density at radius 3 is 2.72 bits per heavy atom. The molecule has 2 aromatic rings. The fourth-order valence-electron chi connectivity index (χ4n) is 2.88. The predicted molar refractivity (Wildman–Crippen MR) is 95.7 cm³/mol. The lowest BCUT2D eigenvalue weighted by Gasteiger charge is -2.26. The first-order valence-corrected chi connectivity index (χ1v) is 8.41. The molecule has 1 atom stereocenters. The molecule has 2 N–H and O–H groups in total. The van der Waals surface area contributed by atoms with Gasteiger partial charge in [0.2, 0.25) is 5.91 Å². The summed E-state index contributed by atoms with van der Waals surface area (Å²) in [6.07, 6.45) is 0.716. The van der Waals surface area contributed by atoms with E-state index in [2.05, 4.69) is 10.6 Å². The summed E-state index contributed by atoms with van der Waals surface area (Å²) < 4.78 is 5.59. The fourth-order valence-corrected chi connectivity index (χ4v) is 2.88. The molecular weight excluding hydrogens is 316 g/mol. The van der Waals surface area contributed by atoms with E-state index in [0.29, 0.717) is 18.6 Å². The van der Waals surface area contributed by atoms with Gasteiger partial charge in [0.05, 0.1) is 19.2 Å². The normalized spacial score (nSPS) is 15.7. The average molecular weight is 338 g/mol. The average Bonchev–Trinajstić information content (AvgIpc) is 2.62. The maximum absolute atomic E-state index is 12.2. The minimum Gasteiger partial charge on any atom is -0.493 e. The Balaban J connectivity index is 1.57. The molecular formula is C20H22N2O3. The van der Waals surface area contributed by atoms with Gasteiger partial charge in [0.1, 0.15) is 5.75 Å². The Bertz CT molecular complexity index is 801. The molecule has 3 rings (SSSR count). The molecule has 0 bridgehead atoms. The zero-order valence-corrected chi connectivity index (χ0v) is 14.5. The van der Waals surface area contributed by atoms with E-state index in [-0.39, 0.29) is 24.4 Å². The number of nitrogens with one attached hydrogen (secondary N) is 2. The van der Waals surface area contributed by atoms with Gasteiger partial charge in [-0.05, 0) is 43.2 Å². The molecule has 1 heterocycles. The van der Waals surface area contributed by atoms with E-state index in [0.717, 1.165) is 22.4 Å². The van der Waals surface area contributed by atoms with Crippen LogP contribution in [-0.4, -0.2) is 25.0 Å². The first-order valence-electron chi connectivity index (χ1n) is 8.41. The van der Waals surface area contributed by atoms with Crippen LogP contribution in [0.2, 0.25) is 0 Å². The molecule has 5 heteroatoms. The zero-order chi connectivity index (χ0) is 17.8. The summed E-state index contributed by atoms with van der Waals surface area (Å²) in [7, 11) is 0. The largest absolute Gasteiger partial charge is 0.493 e. The van der Waals surface area contributed by atoms with Crippen molar-refractivity contribution >= 4 is 11.8 Å². The van der Waals surface area contributed by atoms with Crippen LogP contribution in [0, 0.1) is 13.8 Å². The molecule has 0 fully saturated rings. The molecule has 1 unspecified atom stereocenters. The summed E-state index contributed by atoms with van der Waals surface area (Å²) in [5.41, 5.74) is 3.72. The van der Waals surface area contributed by atoms with Crippen LogP contribution in [0.4, 0.5) is 0 Å². The molecule has 0 aromatic heterocycles. The smallest absolute Gasteiger partial charge is 0.251 e. The molecule has 25 heavy (non-hydrogen) atoms. The maximum Gasteiger partial charge on any atom is 0.251 e. The standard InChI is InChI=1S/C20H22N2O3/c1-13-7-8-15(11-14(13)2)20(24)21-12-19(23)22-17-9-10-25-18-6-4-3-5-16(17)18/h3-8,11,17H,9-10,12H2,1-2H3,(H,21,24)(H,22,23). The van der Waals surface area contributed by atoms with Crippen molar-refractivity contribution in [1.82, 2.24) is 10.6 Å². The van der Waals surface area contributed by atoms with E-state index in [1.54, 1.807) is 6.07 Å². The van der Waals surface area contributed by atoms with Crippen molar-refractivity contribution in [2.75, 3.05) is 13.2 Å². The highest BCUT2D eigenvalue weighted by Crippen LogP contribution is 2.31. The predicted octanol–water partition coefficient (Wildman–Crippen LogP) is 2.67. The summed E-state index contributed by atoms with van der Waals surface area (Å²) in [4.78, 5) is 24.4. The second kappa shape index (κ2) is 7.38. The van der Waals surface area contributed by atoms with E-state index in [1.807, 2.05) is 50.2 Å². The summed E-state index contributed by atoms with van der Waals surface area (Å²) in [5, 5.41) is 5.65. The van der Waals surface area contributed by atoms with Gasteiger partial charge < -0.3 is 15.4 Å². The van der Waals surface area contributed by atoms with Gasteiger partial charge in [-0.15, -0.1) is 0 Å². The molecule has 0 spiro atoms. The SMILES string of the molecule is Cc1ccc(C(=O)NCC(=O)NC2CCOc3ccccc32)cc1C. The van der Waals surface area contributed by atoms with Crippen molar-refractivity contribution in [2.24, 2.45) is 0 Å². The lowest BCUT2D eigenvalue weighted by Crippen LogP contribution is -2.40. The fraction of sp³-hybridized carbons (Fsp3) is 0.300. The molecule has 0 saturated carbocycles. The number of carbonyl (C=O) groups excluding carboxylic acids is 2. The van der Waals surface area contributed by atoms with Crippen LogP contribution in [0.15, 0.2) is 42.5 Å². The van der Waals surface area contributed by atoms with E-state index in [9.17, 15) is 9.59 Å². The summed E-state index contributed by atoms with van der Waals surface area (Å²) in [6, 6.07) is 13.1. The third kappa shape index (κ3) is 3.99. The van der Waals surface area contributed by atoms with E-state index >= 15 is 0 Å². The first kappa shape index (κ1) is 17.0. The zero-order valence-electron chi connectivity index (χ0n) is 14.5. The van der Waals surface area contributed by atoms with Crippen LogP contribution < -0.4 is 15.4 Å². The monoisotopic (exact) mass is 338 g/mol. The quantitative estimate of drug-likeness (QED) is 0.901. The van der Waals surface area contributed by atoms with Crippen molar-refractivity contribution in [2.45, 2.75) is 26.3 Å². The van der Waals surface area contributed by atoms with Crippen LogP contribution in [0.25, 0.3) is 0 Å². The lowest BCUT2D eigenvalue weighted by atomic mass is 10.0. The number of hydrogen-bond acceptors (Lipinski definition) is 3.